The molecule has 0 heterocycles. The van der Waals surface area contributed by atoms with Crippen LogP contribution in [0.3, 0.4) is 0 Å². The van der Waals surface area contributed by atoms with Gasteiger partial charge in [-0.3, -0.25) is 4.79 Å². The summed E-state index contributed by atoms with van der Waals surface area (Å²) in [6.45, 7) is 2.06. The second-order valence-corrected chi connectivity index (χ2v) is 8.30. The Morgan fingerprint density at radius 3 is 2.52 bits per heavy atom. The van der Waals surface area contributed by atoms with Crippen molar-refractivity contribution in [2.24, 2.45) is 5.10 Å². The minimum atomic E-state index is -3.90. The molecule has 0 spiro atoms. The van der Waals surface area contributed by atoms with Gasteiger partial charge in [0.25, 0.3) is 5.91 Å². The minimum absolute atomic E-state index is 0.0449. The van der Waals surface area contributed by atoms with E-state index in [0.29, 0.717) is 12.4 Å². The molecule has 8 nitrogen and oxygen atoms in total. The summed E-state index contributed by atoms with van der Waals surface area (Å²) in [6, 6.07) is 11.2. The molecule has 10 heteroatoms. The van der Waals surface area contributed by atoms with Crippen LogP contribution in [0.1, 0.15) is 12.5 Å². The molecule has 0 aliphatic carbocycles. The topological polar surface area (TPSA) is 97.3 Å². The maximum Gasteiger partial charge on any atom is 0.255 e. The molecular formula is C19H22ClN3O5S. The van der Waals surface area contributed by atoms with Crippen molar-refractivity contribution in [2.75, 3.05) is 27.3 Å². The number of carbonyl (C=O) groups excluding carboxylic acids is 1. The Morgan fingerprint density at radius 1 is 1.24 bits per heavy atom. The lowest BCUT2D eigenvalue weighted by atomic mass is 10.2. The molecule has 2 rings (SSSR count). The van der Waals surface area contributed by atoms with Gasteiger partial charge in [-0.05, 0) is 55.0 Å². The second-order valence-electron chi connectivity index (χ2n) is 5.85. The molecule has 1 N–H and O–H groups in total. The third-order valence-electron chi connectivity index (χ3n) is 3.79. The number of halogens is 1. The Morgan fingerprint density at radius 2 is 1.93 bits per heavy atom. The van der Waals surface area contributed by atoms with E-state index >= 15 is 0 Å². The lowest BCUT2D eigenvalue weighted by Gasteiger charge is -2.16. The SMILES string of the molecule is CCOc1ccc(/C=N\NC(=O)CN(C)S(=O)(=O)c2ccc(OC)c(Cl)c2)cc1. The average Bonchev–Trinajstić information content (AvgIpc) is 2.69. The third-order valence-corrected chi connectivity index (χ3v) is 5.89. The molecule has 0 aliphatic heterocycles. The number of nitrogens with zero attached hydrogens (tertiary/aromatic N) is 2. The summed E-state index contributed by atoms with van der Waals surface area (Å²) < 4.78 is 36.5. The molecule has 2 aromatic rings. The van der Waals surface area contributed by atoms with Gasteiger partial charge in [-0.15, -0.1) is 0 Å². The van der Waals surface area contributed by atoms with Crippen molar-refractivity contribution in [1.82, 2.24) is 9.73 Å². The van der Waals surface area contributed by atoms with Crippen LogP contribution in [0.5, 0.6) is 11.5 Å². The first kappa shape index (κ1) is 22.7. The first-order valence-electron chi connectivity index (χ1n) is 8.62. The fraction of sp³-hybridized carbons (Fsp3) is 0.263. The number of hydrogen-bond donors (Lipinski definition) is 1. The van der Waals surface area contributed by atoms with Crippen LogP contribution in [0.15, 0.2) is 52.5 Å². The second kappa shape index (κ2) is 10.2. The van der Waals surface area contributed by atoms with E-state index in [1.54, 1.807) is 24.3 Å². The molecule has 0 unspecified atom stereocenters. The molecule has 0 aromatic heterocycles. The molecular weight excluding hydrogens is 418 g/mol. The van der Waals surface area contributed by atoms with Crippen LogP contribution in [0, 0.1) is 0 Å². The van der Waals surface area contributed by atoms with E-state index in [1.165, 1.54) is 38.6 Å². The van der Waals surface area contributed by atoms with Crippen LogP contribution >= 0.6 is 11.6 Å². The van der Waals surface area contributed by atoms with Gasteiger partial charge in [0, 0.05) is 7.05 Å². The molecule has 0 bridgehead atoms. The highest BCUT2D eigenvalue weighted by Crippen LogP contribution is 2.28. The Labute approximate surface area is 175 Å². The van der Waals surface area contributed by atoms with E-state index in [9.17, 15) is 13.2 Å². The minimum Gasteiger partial charge on any atom is -0.495 e. The number of likely N-dealkylation sites (N-methyl/N-ethyl adjacent to an activating group) is 1. The lowest BCUT2D eigenvalue weighted by molar-refractivity contribution is -0.121. The van der Waals surface area contributed by atoms with Crippen LogP contribution in [0.25, 0.3) is 0 Å². The van der Waals surface area contributed by atoms with E-state index < -0.39 is 22.5 Å². The summed E-state index contributed by atoms with van der Waals surface area (Å²) in [5.41, 5.74) is 3.05. The van der Waals surface area contributed by atoms with Crippen molar-refractivity contribution in [3.8, 4) is 11.5 Å². The number of carbonyl (C=O) groups is 1. The van der Waals surface area contributed by atoms with Crippen molar-refractivity contribution >= 4 is 33.7 Å². The first-order chi connectivity index (χ1) is 13.8. The zero-order chi connectivity index (χ0) is 21.4. The maximum absolute atomic E-state index is 12.6. The van der Waals surface area contributed by atoms with Gasteiger partial charge >= 0.3 is 0 Å². The van der Waals surface area contributed by atoms with Crippen LogP contribution in [0.4, 0.5) is 0 Å². The number of methoxy groups -OCH3 is 1. The highest BCUT2D eigenvalue weighted by Gasteiger charge is 2.23. The molecule has 29 heavy (non-hydrogen) atoms. The van der Waals surface area contributed by atoms with Crippen molar-refractivity contribution < 1.29 is 22.7 Å². The van der Waals surface area contributed by atoms with Crippen LogP contribution in [0.2, 0.25) is 5.02 Å². The smallest absolute Gasteiger partial charge is 0.255 e. The summed E-state index contributed by atoms with van der Waals surface area (Å²) >= 11 is 5.99. The first-order valence-corrected chi connectivity index (χ1v) is 10.4. The van der Waals surface area contributed by atoms with Crippen molar-refractivity contribution in [2.45, 2.75) is 11.8 Å². The molecule has 0 aliphatic rings. The molecule has 1 amide bonds. The number of rotatable bonds is 9. The van der Waals surface area contributed by atoms with Crippen LogP contribution < -0.4 is 14.9 Å². The molecule has 0 atom stereocenters. The number of sulfonamides is 1. The highest BCUT2D eigenvalue weighted by atomic mass is 35.5. The largest absolute Gasteiger partial charge is 0.495 e. The zero-order valence-electron chi connectivity index (χ0n) is 16.3. The number of benzene rings is 2. The number of ether oxygens (including phenoxy) is 2. The van der Waals surface area contributed by atoms with Gasteiger partial charge in [-0.1, -0.05) is 11.6 Å². The Hall–Kier alpha value is -2.62. The molecule has 0 saturated heterocycles. The number of amides is 1. The number of nitrogens with one attached hydrogen (secondary N) is 1. The standard InChI is InChI=1S/C19H22ClN3O5S/c1-4-28-15-7-5-14(6-8-15)12-21-22-19(24)13-23(2)29(25,26)16-9-10-18(27-3)17(20)11-16/h5-12H,4,13H2,1-3H3,(H,22,24)/b21-12-. The highest BCUT2D eigenvalue weighted by molar-refractivity contribution is 7.89. The molecule has 0 radical (unpaired) electrons. The van der Waals surface area contributed by atoms with Crippen LogP contribution in [-0.4, -0.2) is 52.2 Å². The van der Waals surface area contributed by atoms with Gasteiger partial charge in [0.05, 0.1) is 36.4 Å². The third kappa shape index (κ3) is 6.18. The summed E-state index contributed by atoms with van der Waals surface area (Å²) in [7, 11) is -1.18. The molecule has 2 aromatic carbocycles. The van der Waals surface area contributed by atoms with E-state index in [0.717, 1.165) is 15.6 Å². The average molecular weight is 440 g/mol. The maximum atomic E-state index is 12.6. The fourth-order valence-corrected chi connectivity index (χ4v) is 3.78. The van der Waals surface area contributed by atoms with E-state index in [2.05, 4.69) is 10.5 Å². The monoisotopic (exact) mass is 439 g/mol. The Bertz CT molecular complexity index is 978. The van der Waals surface area contributed by atoms with E-state index in [4.69, 9.17) is 21.1 Å². The van der Waals surface area contributed by atoms with Gasteiger partial charge in [0.2, 0.25) is 10.0 Å². The molecule has 156 valence electrons. The predicted octanol–water partition coefficient (Wildman–Crippen LogP) is 2.52. The number of hydrazone groups is 1. The fourth-order valence-electron chi connectivity index (χ4n) is 2.31. The van der Waals surface area contributed by atoms with Crippen molar-refractivity contribution in [3.05, 3.63) is 53.1 Å². The van der Waals surface area contributed by atoms with Crippen LogP contribution in [-0.2, 0) is 14.8 Å². The number of hydrogen-bond acceptors (Lipinski definition) is 6. The Kier molecular flexibility index (Phi) is 8.00. The predicted molar refractivity (Wildman–Crippen MR) is 111 cm³/mol. The van der Waals surface area contributed by atoms with Gasteiger partial charge < -0.3 is 9.47 Å². The summed E-state index contributed by atoms with van der Waals surface area (Å²) in [6.07, 6.45) is 1.45. The lowest BCUT2D eigenvalue weighted by Crippen LogP contribution is -2.36. The zero-order valence-corrected chi connectivity index (χ0v) is 17.8. The van der Waals surface area contributed by atoms with Gasteiger partial charge in [0.1, 0.15) is 11.5 Å². The normalized spacial score (nSPS) is 11.6. The summed E-state index contributed by atoms with van der Waals surface area (Å²) in [5, 5.41) is 4.00. The van der Waals surface area contributed by atoms with Gasteiger partial charge in [-0.2, -0.15) is 9.41 Å². The van der Waals surface area contributed by atoms with Gasteiger partial charge in [-0.25, -0.2) is 13.8 Å². The van der Waals surface area contributed by atoms with Crippen molar-refractivity contribution in [3.63, 3.8) is 0 Å². The van der Waals surface area contributed by atoms with Crippen molar-refractivity contribution in [1.29, 1.82) is 0 Å². The van der Waals surface area contributed by atoms with E-state index in [1.807, 2.05) is 6.92 Å². The molecule has 0 fully saturated rings. The Balaban J connectivity index is 1.96. The summed E-state index contributed by atoms with van der Waals surface area (Å²) in [4.78, 5) is 12.0. The molecule has 0 saturated carbocycles. The quantitative estimate of drug-likeness (QED) is 0.478. The van der Waals surface area contributed by atoms with E-state index in [-0.39, 0.29) is 9.92 Å². The van der Waals surface area contributed by atoms with Gasteiger partial charge in [0.15, 0.2) is 0 Å². The summed E-state index contributed by atoms with van der Waals surface area (Å²) in [5.74, 6) is 0.506.